The number of hydrogen-bond acceptors (Lipinski definition) is 6. The van der Waals surface area contributed by atoms with Crippen molar-refractivity contribution in [2.24, 2.45) is 0 Å². The summed E-state index contributed by atoms with van der Waals surface area (Å²) in [6, 6.07) is 10.8. The van der Waals surface area contributed by atoms with E-state index in [2.05, 4.69) is 37.5 Å². The molecule has 7 nitrogen and oxygen atoms in total. The molecule has 0 radical (unpaired) electrons. The molecule has 1 aromatic carbocycles. The fourth-order valence-corrected chi connectivity index (χ4v) is 3.56. The first-order valence-corrected chi connectivity index (χ1v) is 10.3. The first-order valence-electron chi connectivity index (χ1n) is 10.3. The quantitative estimate of drug-likeness (QED) is 0.444. The summed E-state index contributed by atoms with van der Waals surface area (Å²) in [7, 11) is 1.61. The average molecular weight is 465 g/mol. The van der Waals surface area contributed by atoms with Crippen molar-refractivity contribution in [1.29, 1.82) is 0 Å². The van der Waals surface area contributed by atoms with E-state index in [9.17, 15) is 9.18 Å². The second-order valence-corrected chi connectivity index (χ2v) is 7.54. The van der Waals surface area contributed by atoms with Crippen LogP contribution in [0.15, 0.2) is 55.1 Å². The van der Waals surface area contributed by atoms with E-state index in [0.29, 0.717) is 34.9 Å². The molecular formula is C24H25FN6OS. The molecule has 0 unspecified atom stereocenters. The number of hydrogen-bond donors (Lipinski definition) is 2. The Hall–Kier alpha value is -3.59. The van der Waals surface area contributed by atoms with Crippen molar-refractivity contribution in [3.63, 3.8) is 0 Å². The third-order valence-electron chi connectivity index (χ3n) is 5.38. The molecule has 0 aliphatic carbocycles. The topological polar surface area (TPSA) is 92.7 Å². The largest absolute Gasteiger partial charge is 0.369 e. The summed E-state index contributed by atoms with van der Waals surface area (Å²) in [4.78, 5) is 29.3. The van der Waals surface area contributed by atoms with Crippen molar-refractivity contribution in [2.75, 3.05) is 18.9 Å². The van der Waals surface area contributed by atoms with Gasteiger partial charge in [0.2, 0.25) is 0 Å². The van der Waals surface area contributed by atoms with E-state index in [1.807, 2.05) is 18.2 Å². The molecule has 0 spiro atoms. The molecule has 0 fully saturated rings. The number of aryl methyl sites for hydroxylation is 1. The van der Waals surface area contributed by atoms with Crippen LogP contribution in [0.3, 0.4) is 0 Å². The normalized spacial score (nSPS) is 11.5. The first-order chi connectivity index (χ1) is 15.5. The molecular weight excluding hydrogens is 439 g/mol. The Morgan fingerprint density at radius 1 is 1.12 bits per heavy atom. The van der Waals surface area contributed by atoms with Crippen molar-refractivity contribution in [1.82, 2.24) is 25.3 Å². The number of anilines is 1. The summed E-state index contributed by atoms with van der Waals surface area (Å²) in [6.45, 7) is 4.28. The molecule has 33 heavy (non-hydrogen) atoms. The van der Waals surface area contributed by atoms with Crippen LogP contribution in [0.2, 0.25) is 0 Å². The molecule has 0 aliphatic heterocycles. The van der Waals surface area contributed by atoms with E-state index in [4.69, 9.17) is 0 Å². The molecule has 0 bridgehead atoms. The third-order valence-corrected chi connectivity index (χ3v) is 5.38. The number of benzene rings is 1. The van der Waals surface area contributed by atoms with E-state index in [-0.39, 0.29) is 31.1 Å². The minimum atomic E-state index is -0.371. The number of rotatable bonds is 6. The average Bonchev–Trinajstić information content (AvgIpc) is 2.83. The molecule has 9 heteroatoms. The third kappa shape index (κ3) is 5.09. The Bertz CT molecular complexity index is 1300. The zero-order chi connectivity index (χ0) is 22.7. The maximum absolute atomic E-state index is 13.9. The Morgan fingerprint density at radius 3 is 2.70 bits per heavy atom. The van der Waals surface area contributed by atoms with Gasteiger partial charge in [-0.2, -0.15) is 13.5 Å². The van der Waals surface area contributed by atoms with Crippen molar-refractivity contribution in [2.45, 2.75) is 19.8 Å². The Balaban J connectivity index is 0.00000306. The molecule has 170 valence electrons. The summed E-state index contributed by atoms with van der Waals surface area (Å²) >= 11 is 0. The number of pyridine rings is 2. The number of aromatic nitrogens is 4. The number of amides is 1. The molecule has 1 amide bonds. The maximum Gasteiger partial charge on any atom is 0.251 e. The van der Waals surface area contributed by atoms with Crippen molar-refractivity contribution in [3.05, 3.63) is 77.8 Å². The number of halogens is 1. The van der Waals surface area contributed by atoms with Gasteiger partial charge in [-0.1, -0.05) is 25.1 Å². The highest BCUT2D eigenvalue weighted by molar-refractivity contribution is 7.59. The van der Waals surface area contributed by atoms with Crippen molar-refractivity contribution < 1.29 is 9.18 Å². The number of para-hydroxylation sites is 1. The molecule has 4 rings (SSSR count). The minimum Gasteiger partial charge on any atom is -0.369 e. The molecule has 0 aliphatic rings. The Labute approximate surface area is 198 Å². The van der Waals surface area contributed by atoms with Gasteiger partial charge in [-0.3, -0.25) is 14.8 Å². The molecule has 3 aromatic heterocycles. The first kappa shape index (κ1) is 24.1. The predicted molar refractivity (Wildman–Crippen MR) is 132 cm³/mol. The highest BCUT2D eigenvalue weighted by atomic mass is 32.1. The van der Waals surface area contributed by atoms with Crippen LogP contribution in [0, 0.1) is 12.7 Å². The predicted octanol–water partition coefficient (Wildman–Crippen LogP) is 4.22. The van der Waals surface area contributed by atoms with E-state index < -0.39 is 0 Å². The molecule has 1 atom stereocenters. The van der Waals surface area contributed by atoms with E-state index in [1.165, 1.54) is 12.4 Å². The summed E-state index contributed by atoms with van der Waals surface area (Å²) in [5.41, 5.74) is 3.94. The lowest BCUT2D eigenvalue weighted by Gasteiger charge is -2.16. The van der Waals surface area contributed by atoms with Gasteiger partial charge in [0.05, 0.1) is 22.5 Å². The fourth-order valence-electron chi connectivity index (χ4n) is 3.56. The van der Waals surface area contributed by atoms with Gasteiger partial charge in [-0.05, 0) is 24.6 Å². The Kier molecular flexibility index (Phi) is 7.55. The van der Waals surface area contributed by atoms with E-state index in [1.54, 1.807) is 38.5 Å². The lowest BCUT2D eigenvalue weighted by Crippen LogP contribution is -2.18. The smallest absolute Gasteiger partial charge is 0.251 e. The zero-order valence-corrected chi connectivity index (χ0v) is 19.6. The highest BCUT2D eigenvalue weighted by Gasteiger charge is 2.15. The molecule has 2 N–H and O–H groups in total. The number of carbonyl (C=O) groups excluding carboxylic acids is 1. The standard InChI is InChI=1S/C24H23FN6O.H2S/c1-14(17-5-4-6-18-19(24(32)26-3)7-8-27-23(17)18)11-29-22-10-21(30-13-31-22)16-9-20(25)15(2)28-12-16;/h4-10,12-14H,11H2,1-3H3,(H,26,32)(H,29,30,31);1H2/t14-;/m1./s1. The van der Waals surface area contributed by atoms with Gasteiger partial charge >= 0.3 is 0 Å². The van der Waals surface area contributed by atoms with Crippen LogP contribution in [-0.4, -0.2) is 39.4 Å². The highest BCUT2D eigenvalue weighted by Crippen LogP contribution is 2.27. The number of nitrogens with one attached hydrogen (secondary N) is 2. The summed E-state index contributed by atoms with van der Waals surface area (Å²) in [6.07, 6.45) is 4.69. The van der Waals surface area contributed by atoms with Gasteiger partial charge in [0.1, 0.15) is 18.0 Å². The lowest BCUT2D eigenvalue weighted by molar-refractivity contribution is 0.0964. The van der Waals surface area contributed by atoms with Gasteiger partial charge in [0.25, 0.3) is 5.91 Å². The second kappa shape index (κ2) is 10.4. The number of nitrogens with zero attached hydrogens (tertiary/aromatic N) is 4. The van der Waals surface area contributed by atoms with Gasteiger partial charge in [0, 0.05) is 48.9 Å². The van der Waals surface area contributed by atoms with Gasteiger partial charge in [-0.25, -0.2) is 14.4 Å². The van der Waals surface area contributed by atoms with Crippen LogP contribution >= 0.6 is 13.5 Å². The van der Waals surface area contributed by atoms with Crippen LogP contribution in [0.1, 0.15) is 34.5 Å². The van der Waals surface area contributed by atoms with Crippen LogP contribution in [0.25, 0.3) is 22.2 Å². The fraction of sp³-hybridized carbons (Fsp3) is 0.208. The van der Waals surface area contributed by atoms with E-state index in [0.717, 1.165) is 16.5 Å². The zero-order valence-electron chi connectivity index (χ0n) is 18.6. The minimum absolute atomic E-state index is 0. The van der Waals surface area contributed by atoms with Crippen molar-refractivity contribution >= 4 is 36.1 Å². The van der Waals surface area contributed by atoms with Crippen LogP contribution in [0.4, 0.5) is 10.2 Å². The monoisotopic (exact) mass is 464 g/mol. The SMILES string of the molecule is CNC(=O)c1ccnc2c([C@H](C)CNc3cc(-c4cnc(C)c(F)c4)ncn3)cccc12.S. The number of carbonyl (C=O) groups is 1. The maximum atomic E-state index is 13.9. The molecule has 3 heterocycles. The summed E-state index contributed by atoms with van der Waals surface area (Å²) in [5, 5.41) is 6.81. The molecule has 4 aromatic rings. The molecule has 0 saturated carbocycles. The van der Waals surface area contributed by atoms with E-state index >= 15 is 0 Å². The lowest BCUT2D eigenvalue weighted by atomic mass is 9.96. The van der Waals surface area contributed by atoms with Crippen LogP contribution in [0.5, 0.6) is 0 Å². The summed E-state index contributed by atoms with van der Waals surface area (Å²) in [5.74, 6) is 0.199. The van der Waals surface area contributed by atoms with Crippen molar-refractivity contribution in [3.8, 4) is 11.3 Å². The van der Waals surface area contributed by atoms with Crippen LogP contribution < -0.4 is 10.6 Å². The Morgan fingerprint density at radius 2 is 1.94 bits per heavy atom. The molecule has 0 saturated heterocycles. The van der Waals surface area contributed by atoms with Gasteiger partial charge < -0.3 is 10.6 Å². The number of fused-ring (bicyclic) bond motifs is 1. The van der Waals surface area contributed by atoms with Gasteiger partial charge in [0.15, 0.2) is 0 Å². The van der Waals surface area contributed by atoms with Crippen LogP contribution in [-0.2, 0) is 0 Å². The van der Waals surface area contributed by atoms with Gasteiger partial charge in [-0.15, -0.1) is 0 Å². The summed E-state index contributed by atoms with van der Waals surface area (Å²) < 4.78 is 13.9. The second-order valence-electron chi connectivity index (χ2n) is 7.54.